The molecule has 0 heterocycles. The first kappa shape index (κ1) is 25.4. The number of allylic oxidation sites excluding steroid dienone is 1. The van der Waals surface area contributed by atoms with E-state index >= 15 is 0 Å². The van der Waals surface area contributed by atoms with Crippen LogP contribution in [0.2, 0.25) is 0 Å². The van der Waals surface area contributed by atoms with Gasteiger partial charge in [0.1, 0.15) is 12.2 Å². The molecule has 1 fully saturated rings. The molecule has 3 atom stereocenters. The molecular formula is C27H48O3. The summed E-state index contributed by atoms with van der Waals surface area (Å²) in [7, 11) is 0. The second-order valence-corrected chi connectivity index (χ2v) is 11.7. The summed E-state index contributed by atoms with van der Waals surface area (Å²) in [6.07, 6.45) is 15.9. The van der Waals surface area contributed by atoms with E-state index in [1.165, 1.54) is 25.7 Å². The Morgan fingerprint density at radius 2 is 1.77 bits per heavy atom. The van der Waals surface area contributed by atoms with Gasteiger partial charge in [0.25, 0.3) is 0 Å². The van der Waals surface area contributed by atoms with Gasteiger partial charge in [0.2, 0.25) is 0 Å². The Bertz CT molecular complexity index is 561. The largest absolute Gasteiger partial charge is 0.458 e. The summed E-state index contributed by atoms with van der Waals surface area (Å²) < 4.78 is 11.8. The third-order valence-electron chi connectivity index (χ3n) is 8.21. The van der Waals surface area contributed by atoms with Crippen molar-refractivity contribution < 1.29 is 14.3 Å². The van der Waals surface area contributed by atoms with Crippen molar-refractivity contribution >= 4 is 5.97 Å². The van der Waals surface area contributed by atoms with Gasteiger partial charge in [-0.2, -0.15) is 0 Å². The minimum absolute atomic E-state index is 0.0290. The normalized spacial score (nSPS) is 25.3. The van der Waals surface area contributed by atoms with E-state index < -0.39 is 0 Å². The van der Waals surface area contributed by atoms with Gasteiger partial charge in [-0.1, -0.05) is 66.5 Å². The SMILES string of the molecule is CCC(C)(CC)CCC(C1CC=CC(OCC(=O)OC2(C)CCCC2)C1)C(C)(C)C. The molecule has 0 bridgehead atoms. The molecule has 2 aliphatic rings. The Balaban J connectivity index is 1.90. The minimum Gasteiger partial charge on any atom is -0.458 e. The molecule has 2 rings (SSSR count). The van der Waals surface area contributed by atoms with Crippen LogP contribution in [-0.2, 0) is 14.3 Å². The molecule has 3 heteroatoms. The zero-order chi connectivity index (χ0) is 22.4. The van der Waals surface area contributed by atoms with Crippen molar-refractivity contribution in [1.82, 2.24) is 0 Å². The van der Waals surface area contributed by atoms with Crippen molar-refractivity contribution in [3.05, 3.63) is 12.2 Å². The fourth-order valence-corrected chi connectivity index (χ4v) is 5.52. The van der Waals surface area contributed by atoms with Gasteiger partial charge in [0, 0.05) is 0 Å². The number of carbonyl (C=O) groups is 1. The minimum atomic E-state index is -0.270. The lowest BCUT2D eigenvalue weighted by atomic mass is 9.65. The molecule has 0 aliphatic heterocycles. The molecule has 0 aromatic rings. The first-order chi connectivity index (χ1) is 14.0. The van der Waals surface area contributed by atoms with Gasteiger partial charge in [-0.25, -0.2) is 4.79 Å². The van der Waals surface area contributed by atoms with E-state index in [1.807, 2.05) is 0 Å². The van der Waals surface area contributed by atoms with Crippen LogP contribution >= 0.6 is 0 Å². The van der Waals surface area contributed by atoms with E-state index in [0.717, 1.165) is 38.5 Å². The van der Waals surface area contributed by atoms with Crippen molar-refractivity contribution in [3.63, 3.8) is 0 Å². The molecular weight excluding hydrogens is 372 g/mol. The number of ether oxygens (including phenoxy) is 2. The van der Waals surface area contributed by atoms with Crippen LogP contribution in [0.4, 0.5) is 0 Å². The van der Waals surface area contributed by atoms with Crippen molar-refractivity contribution in [3.8, 4) is 0 Å². The summed E-state index contributed by atoms with van der Waals surface area (Å²) in [5, 5.41) is 0. The molecule has 2 aliphatic carbocycles. The number of hydrogen-bond acceptors (Lipinski definition) is 3. The van der Waals surface area contributed by atoms with Crippen molar-refractivity contribution in [2.24, 2.45) is 22.7 Å². The second kappa shape index (κ2) is 10.7. The summed E-state index contributed by atoms with van der Waals surface area (Å²) in [4.78, 5) is 12.3. The van der Waals surface area contributed by atoms with Crippen LogP contribution in [0.25, 0.3) is 0 Å². The number of rotatable bonds is 10. The fraction of sp³-hybridized carbons (Fsp3) is 0.889. The van der Waals surface area contributed by atoms with E-state index in [-0.39, 0.29) is 29.7 Å². The van der Waals surface area contributed by atoms with Gasteiger partial charge in [-0.3, -0.25) is 0 Å². The highest BCUT2D eigenvalue weighted by Gasteiger charge is 2.36. The maximum absolute atomic E-state index is 12.3. The first-order valence-electron chi connectivity index (χ1n) is 12.5. The van der Waals surface area contributed by atoms with Crippen LogP contribution in [0.15, 0.2) is 12.2 Å². The summed E-state index contributed by atoms with van der Waals surface area (Å²) >= 11 is 0. The standard InChI is InChI=1S/C27H48O3/c1-8-26(6,9-2)18-15-23(25(3,4)5)21-13-12-14-22(19-21)29-20-24(28)30-27(7)16-10-11-17-27/h12,14,21-23H,8-11,13,15-20H2,1-7H3. The Hall–Kier alpha value is -0.830. The van der Waals surface area contributed by atoms with Crippen LogP contribution in [0.3, 0.4) is 0 Å². The van der Waals surface area contributed by atoms with Gasteiger partial charge < -0.3 is 9.47 Å². The van der Waals surface area contributed by atoms with Gasteiger partial charge in [0.05, 0.1) is 6.10 Å². The molecule has 0 aromatic carbocycles. The molecule has 0 amide bonds. The first-order valence-corrected chi connectivity index (χ1v) is 12.5. The lowest BCUT2D eigenvalue weighted by Crippen LogP contribution is -2.35. The van der Waals surface area contributed by atoms with E-state index in [9.17, 15) is 4.79 Å². The average Bonchev–Trinajstić information content (AvgIpc) is 3.11. The zero-order valence-corrected chi connectivity index (χ0v) is 20.9. The lowest BCUT2D eigenvalue weighted by molar-refractivity contribution is -0.164. The molecule has 0 aromatic heterocycles. The second-order valence-electron chi connectivity index (χ2n) is 11.7. The maximum Gasteiger partial charge on any atom is 0.332 e. The van der Waals surface area contributed by atoms with Crippen molar-refractivity contribution in [2.45, 2.75) is 124 Å². The number of hydrogen-bond donors (Lipinski definition) is 0. The summed E-state index contributed by atoms with van der Waals surface area (Å²) in [6, 6.07) is 0. The highest BCUT2D eigenvalue weighted by atomic mass is 16.6. The summed E-state index contributed by atoms with van der Waals surface area (Å²) in [5.74, 6) is 1.07. The highest BCUT2D eigenvalue weighted by Crippen LogP contribution is 2.44. The lowest BCUT2D eigenvalue weighted by Gasteiger charge is -2.41. The predicted octanol–water partition coefficient (Wildman–Crippen LogP) is 7.48. The maximum atomic E-state index is 12.3. The molecule has 30 heavy (non-hydrogen) atoms. The Morgan fingerprint density at radius 1 is 1.13 bits per heavy atom. The summed E-state index contributed by atoms with van der Waals surface area (Å²) in [5.41, 5.74) is 0.455. The van der Waals surface area contributed by atoms with Crippen LogP contribution in [0.1, 0.15) is 113 Å². The fourth-order valence-electron chi connectivity index (χ4n) is 5.52. The van der Waals surface area contributed by atoms with Crippen LogP contribution in [0.5, 0.6) is 0 Å². The van der Waals surface area contributed by atoms with E-state index in [0.29, 0.717) is 17.3 Å². The number of esters is 1. The van der Waals surface area contributed by atoms with Crippen LogP contribution < -0.4 is 0 Å². The predicted molar refractivity (Wildman–Crippen MR) is 125 cm³/mol. The monoisotopic (exact) mass is 420 g/mol. The molecule has 3 unspecified atom stereocenters. The van der Waals surface area contributed by atoms with Gasteiger partial charge >= 0.3 is 5.97 Å². The Morgan fingerprint density at radius 3 is 2.33 bits per heavy atom. The smallest absolute Gasteiger partial charge is 0.332 e. The van der Waals surface area contributed by atoms with Gasteiger partial charge in [0.15, 0.2) is 0 Å². The third kappa shape index (κ3) is 7.39. The highest BCUT2D eigenvalue weighted by molar-refractivity contribution is 5.71. The average molecular weight is 421 g/mol. The van der Waals surface area contributed by atoms with Crippen molar-refractivity contribution in [1.29, 1.82) is 0 Å². The van der Waals surface area contributed by atoms with E-state index in [2.05, 4.69) is 60.6 Å². The quantitative estimate of drug-likeness (QED) is 0.271. The molecule has 0 saturated heterocycles. The molecule has 174 valence electrons. The van der Waals surface area contributed by atoms with Crippen LogP contribution in [-0.4, -0.2) is 24.3 Å². The van der Waals surface area contributed by atoms with E-state index in [4.69, 9.17) is 9.47 Å². The third-order valence-corrected chi connectivity index (χ3v) is 8.21. The van der Waals surface area contributed by atoms with E-state index in [1.54, 1.807) is 0 Å². The molecule has 3 nitrogen and oxygen atoms in total. The zero-order valence-electron chi connectivity index (χ0n) is 20.9. The molecule has 0 radical (unpaired) electrons. The topological polar surface area (TPSA) is 35.5 Å². The van der Waals surface area contributed by atoms with Gasteiger partial charge in [-0.05, 0) is 81.0 Å². The molecule has 0 N–H and O–H groups in total. The Kier molecular flexibility index (Phi) is 9.04. The van der Waals surface area contributed by atoms with Crippen LogP contribution in [0, 0.1) is 22.7 Å². The number of carbonyl (C=O) groups excluding carboxylic acids is 1. The molecule has 0 spiro atoms. The molecule has 1 saturated carbocycles. The Labute approximate surface area is 186 Å². The summed E-state index contributed by atoms with van der Waals surface area (Å²) in [6.45, 7) is 16.4. The van der Waals surface area contributed by atoms with Crippen molar-refractivity contribution in [2.75, 3.05) is 6.61 Å². The van der Waals surface area contributed by atoms with Gasteiger partial charge in [-0.15, -0.1) is 0 Å².